The van der Waals surface area contributed by atoms with Crippen LogP contribution >= 0.6 is 23.2 Å². The van der Waals surface area contributed by atoms with Crippen molar-refractivity contribution in [2.45, 2.75) is 6.54 Å². The molecule has 2 aromatic rings. The third-order valence-electron chi connectivity index (χ3n) is 3.90. The maximum Gasteiger partial charge on any atom is 0.178 e. The standard InChI is InChI=1S/C17H17Cl2N2O/c18-14-9-13(10-15(19)11-14)12-20-5-7-21(8-6-20)16-1-3-17(22)4-2-16/h1-4,9-11H,5-8,12H2. The minimum absolute atomic E-state index is 0.0558. The van der Waals surface area contributed by atoms with Crippen molar-refractivity contribution in [1.29, 1.82) is 0 Å². The first-order valence-electron chi connectivity index (χ1n) is 7.29. The van der Waals surface area contributed by atoms with Crippen molar-refractivity contribution in [2.24, 2.45) is 0 Å². The zero-order valence-electron chi connectivity index (χ0n) is 12.1. The van der Waals surface area contributed by atoms with E-state index in [4.69, 9.17) is 23.2 Å². The summed E-state index contributed by atoms with van der Waals surface area (Å²) >= 11 is 12.1. The van der Waals surface area contributed by atoms with Crippen LogP contribution in [-0.2, 0) is 11.7 Å². The monoisotopic (exact) mass is 335 g/mol. The van der Waals surface area contributed by atoms with Gasteiger partial charge in [0, 0.05) is 48.5 Å². The number of piperazine rings is 1. The van der Waals surface area contributed by atoms with Crippen LogP contribution < -0.4 is 4.90 Å². The Balaban J connectivity index is 1.58. The van der Waals surface area contributed by atoms with E-state index in [1.165, 1.54) is 0 Å². The molecule has 0 spiro atoms. The smallest absolute Gasteiger partial charge is 0.178 e. The number of anilines is 1. The Bertz CT molecular complexity index is 617. The number of hydrogen-bond acceptors (Lipinski definition) is 2. The van der Waals surface area contributed by atoms with Gasteiger partial charge in [0.1, 0.15) is 0 Å². The first-order chi connectivity index (χ1) is 10.6. The second-order valence-electron chi connectivity index (χ2n) is 5.53. The van der Waals surface area contributed by atoms with Crippen molar-refractivity contribution < 1.29 is 5.11 Å². The molecule has 1 aliphatic heterocycles. The molecule has 0 saturated carbocycles. The van der Waals surface area contributed by atoms with Gasteiger partial charge >= 0.3 is 0 Å². The minimum Gasteiger partial charge on any atom is -0.369 e. The molecule has 5 heteroatoms. The van der Waals surface area contributed by atoms with Gasteiger partial charge in [0.25, 0.3) is 0 Å². The van der Waals surface area contributed by atoms with Crippen LogP contribution in [0.15, 0.2) is 42.5 Å². The average molecular weight is 336 g/mol. The van der Waals surface area contributed by atoms with Gasteiger partial charge in [0.15, 0.2) is 5.75 Å². The van der Waals surface area contributed by atoms with Crippen LogP contribution in [0.3, 0.4) is 0 Å². The largest absolute Gasteiger partial charge is 0.369 e. The molecule has 0 aliphatic carbocycles. The van der Waals surface area contributed by atoms with Crippen LogP contribution in [0.2, 0.25) is 10.0 Å². The zero-order chi connectivity index (χ0) is 15.5. The predicted octanol–water partition coefficient (Wildman–Crippen LogP) is 4.46. The lowest BCUT2D eigenvalue weighted by Gasteiger charge is -2.36. The van der Waals surface area contributed by atoms with E-state index in [0.717, 1.165) is 44.0 Å². The first kappa shape index (κ1) is 15.5. The Morgan fingerprint density at radius 1 is 0.864 bits per heavy atom. The summed E-state index contributed by atoms with van der Waals surface area (Å²) in [5, 5.41) is 12.5. The van der Waals surface area contributed by atoms with Crippen molar-refractivity contribution in [3.8, 4) is 5.75 Å². The highest BCUT2D eigenvalue weighted by Crippen LogP contribution is 2.23. The first-order valence-corrected chi connectivity index (χ1v) is 8.05. The topological polar surface area (TPSA) is 26.4 Å². The second kappa shape index (κ2) is 6.78. The van der Waals surface area contributed by atoms with Gasteiger partial charge in [-0.15, -0.1) is 0 Å². The lowest BCUT2D eigenvalue weighted by atomic mass is 10.2. The summed E-state index contributed by atoms with van der Waals surface area (Å²) in [4.78, 5) is 4.70. The quantitative estimate of drug-likeness (QED) is 0.827. The highest BCUT2D eigenvalue weighted by molar-refractivity contribution is 6.34. The lowest BCUT2D eigenvalue weighted by Crippen LogP contribution is -2.45. The summed E-state index contributed by atoms with van der Waals surface area (Å²) in [6, 6.07) is 12.7. The molecule has 3 rings (SSSR count). The zero-order valence-corrected chi connectivity index (χ0v) is 13.6. The molecule has 0 bridgehead atoms. The fourth-order valence-corrected chi connectivity index (χ4v) is 3.35. The molecule has 0 atom stereocenters. The Morgan fingerprint density at radius 2 is 1.45 bits per heavy atom. The molecular formula is C17H17Cl2N2O. The molecule has 0 amide bonds. The molecule has 1 saturated heterocycles. The SMILES string of the molecule is [O]c1ccc(N2CCN(Cc3cc(Cl)cc(Cl)c3)CC2)cc1. The molecule has 1 aliphatic rings. The third kappa shape index (κ3) is 3.86. The van der Waals surface area contributed by atoms with E-state index >= 15 is 0 Å². The maximum atomic E-state index is 11.2. The lowest BCUT2D eigenvalue weighted by molar-refractivity contribution is 0.250. The third-order valence-corrected chi connectivity index (χ3v) is 4.34. The van der Waals surface area contributed by atoms with E-state index in [-0.39, 0.29) is 5.75 Å². The average Bonchev–Trinajstić information content (AvgIpc) is 2.48. The molecule has 1 heterocycles. The van der Waals surface area contributed by atoms with E-state index in [0.29, 0.717) is 10.0 Å². The van der Waals surface area contributed by atoms with E-state index < -0.39 is 0 Å². The maximum absolute atomic E-state index is 11.2. The van der Waals surface area contributed by atoms with E-state index in [1.54, 1.807) is 18.2 Å². The second-order valence-corrected chi connectivity index (χ2v) is 6.41. The number of halogens is 2. The number of nitrogens with zero attached hydrogens (tertiary/aromatic N) is 2. The highest BCUT2D eigenvalue weighted by atomic mass is 35.5. The Morgan fingerprint density at radius 3 is 2.05 bits per heavy atom. The van der Waals surface area contributed by atoms with E-state index in [1.807, 2.05) is 24.3 Å². The van der Waals surface area contributed by atoms with Crippen LogP contribution in [0.4, 0.5) is 5.69 Å². The predicted molar refractivity (Wildman–Crippen MR) is 90.5 cm³/mol. The summed E-state index contributed by atoms with van der Waals surface area (Å²) in [7, 11) is 0. The molecule has 3 nitrogen and oxygen atoms in total. The van der Waals surface area contributed by atoms with Crippen molar-refractivity contribution >= 4 is 28.9 Å². The molecule has 2 aromatic carbocycles. The Kier molecular flexibility index (Phi) is 4.77. The highest BCUT2D eigenvalue weighted by Gasteiger charge is 2.17. The Hall–Kier alpha value is -1.42. The van der Waals surface area contributed by atoms with Gasteiger partial charge in [-0.05, 0) is 48.0 Å². The van der Waals surface area contributed by atoms with Crippen LogP contribution in [0.1, 0.15) is 5.56 Å². The van der Waals surface area contributed by atoms with Crippen molar-refractivity contribution in [3.05, 3.63) is 58.1 Å². The fraction of sp³-hybridized carbons (Fsp3) is 0.294. The van der Waals surface area contributed by atoms with Crippen LogP contribution in [-0.4, -0.2) is 31.1 Å². The fourth-order valence-electron chi connectivity index (χ4n) is 2.78. The normalized spacial score (nSPS) is 16.0. The number of hydrogen-bond donors (Lipinski definition) is 0. The van der Waals surface area contributed by atoms with Gasteiger partial charge in [-0.2, -0.15) is 0 Å². The molecule has 22 heavy (non-hydrogen) atoms. The molecule has 0 unspecified atom stereocenters. The molecule has 1 fully saturated rings. The van der Waals surface area contributed by atoms with E-state index in [2.05, 4.69) is 9.80 Å². The van der Waals surface area contributed by atoms with Gasteiger partial charge < -0.3 is 4.90 Å². The van der Waals surface area contributed by atoms with Gasteiger partial charge in [-0.25, -0.2) is 0 Å². The van der Waals surface area contributed by atoms with Crippen LogP contribution in [0.25, 0.3) is 0 Å². The van der Waals surface area contributed by atoms with Gasteiger partial charge in [-0.3, -0.25) is 10.0 Å². The molecule has 115 valence electrons. The molecule has 1 radical (unpaired) electrons. The van der Waals surface area contributed by atoms with Crippen molar-refractivity contribution in [1.82, 2.24) is 4.90 Å². The summed E-state index contributed by atoms with van der Waals surface area (Å²) in [5.41, 5.74) is 2.26. The van der Waals surface area contributed by atoms with Gasteiger partial charge in [-0.1, -0.05) is 23.2 Å². The summed E-state index contributed by atoms with van der Waals surface area (Å²) in [5.74, 6) is 0.0558. The number of rotatable bonds is 3. The Labute approximate surface area is 140 Å². The summed E-state index contributed by atoms with van der Waals surface area (Å²) < 4.78 is 0. The van der Waals surface area contributed by atoms with Crippen molar-refractivity contribution in [2.75, 3.05) is 31.1 Å². The van der Waals surface area contributed by atoms with Gasteiger partial charge in [0.05, 0.1) is 0 Å². The molecular weight excluding hydrogens is 319 g/mol. The van der Waals surface area contributed by atoms with Crippen LogP contribution in [0.5, 0.6) is 5.75 Å². The van der Waals surface area contributed by atoms with Crippen molar-refractivity contribution in [3.63, 3.8) is 0 Å². The summed E-state index contributed by atoms with van der Waals surface area (Å²) in [6.07, 6.45) is 0. The summed E-state index contributed by atoms with van der Waals surface area (Å²) in [6.45, 7) is 4.71. The molecule has 0 aromatic heterocycles. The van der Waals surface area contributed by atoms with E-state index in [9.17, 15) is 5.11 Å². The minimum atomic E-state index is 0.0558. The van der Waals surface area contributed by atoms with Crippen LogP contribution in [0, 0.1) is 0 Å². The number of benzene rings is 2. The molecule has 0 N–H and O–H groups in total. The van der Waals surface area contributed by atoms with Gasteiger partial charge in [0.2, 0.25) is 0 Å².